The van der Waals surface area contributed by atoms with Gasteiger partial charge in [0.2, 0.25) is 0 Å². The predicted molar refractivity (Wildman–Crippen MR) is 85.7 cm³/mol. The molecule has 1 aliphatic heterocycles. The molecule has 1 fully saturated rings. The summed E-state index contributed by atoms with van der Waals surface area (Å²) in [7, 11) is 1.78. The van der Waals surface area contributed by atoms with Crippen molar-refractivity contribution >= 4 is 0 Å². The topological polar surface area (TPSA) is 21.3 Å². The summed E-state index contributed by atoms with van der Waals surface area (Å²) in [4.78, 5) is 0. The first kappa shape index (κ1) is 15.4. The van der Waals surface area contributed by atoms with Gasteiger partial charge in [-0.05, 0) is 73.4 Å². The highest BCUT2D eigenvalue weighted by Crippen LogP contribution is 2.34. The van der Waals surface area contributed by atoms with Gasteiger partial charge in [-0.3, -0.25) is 0 Å². The van der Waals surface area contributed by atoms with Crippen LogP contribution in [-0.2, 0) is 11.8 Å². The molecule has 1 aromatic rings. The van der Waals surface area contributed by atoms with E-state index in [1.54, 1.807) is 7.11 Å². The van der Waals surface area contributed by atoms with Crippen molar-refractivity contribution in [2.24, 2.45) is 5.92 Å². The van der Waals surface area contributed by atoms with Gasteiger partial charge in [-0.15, -0.1) is 0 Å². The molecule has 1 atom stereocenters. The number of methoxy groups -OCH3 is 1. The van der Waals surface area contributed by atoms with Crippen LogP contribution < -0.4 is 10.1 Å². The molecular weight excluding hydrogens is 246 g/mol. The summed E-state index contributed by atoms with van der Waals surface area (Å²) in [6, 6.07) is 4.59. The van der Waals surface area contributed by atoms with Gasteiger partial charge in [-0.2, -0.15) is 0 Å². The molecule has 20 heavy (non-hydrogen) atoms. The number of hydrogen-bond acceptors (Lipinski definition) is 2. The Morgan fingerprint density at radius 3 is 2.60 bits per heavy atom. The lowest BCUT2D eigenvalue weighted by Gasteiger charge is -2.26. The first-order valence-electron chi connectivity index (χ1n) is 7.80. The largest absolute Gasteiger partial charge is 0.496 e. The number of piperidine rings is 1. The van der Waals surface area contributed by atoms with Crippen LogP contribution in [0.5, 0.6) is 5.75 Å². The summed E-state index contributed by atoms with van der Waals surface area (Å²) in [5, 5.41) is 3.51. The number of nitrogens with one attached hydrogen (secondary N) is 1. The van der Waals surface area contributed by atoms with Crippen molar-refractivity contribution in [3.63, 3.8) is 0 Å². The van der Waals surface area contributed by atoms with E-state index in [-0.39, 0.29) is 5.41 Å². The van der Waals surface area contributed by atoms with Gasteiger partial charge in [0, 0.05) is 0 Å². The van der Waals surface area contributed by atoms with Crippen LogP contribution in [-0.4, -0.2) is 20.2 Å². The normalized spacial score (nSPS) is 19.9. The lowest BCUT2D eigenvalue weighted by Crippen LogP contribution is -2.31. The van der Waals surface area contributed by atoms with E-state index in [9.17, 15) is 0 Å². The molecule has 0 amide bonds. The molecule has 1 unspecified atom stereocenters. The van der Waals surface area contributed by atoms with Crippen molar-refractivity contribution in [1.29, 1.82) is 0 Å². The summed E-state index contributed by atoms with van der Waals surface area (Å²) in [5.41, 5.74) is 4.29. The van der Waals surface area contributed by atoms with Crippen LogP contribution in [0.2, 0.25) is 0 Å². The van der Waals surface area contributed by atoms with Crippen molar-refractivity contribution in [3.8, 4) is 5.75 Å². The van der Waals surface area contributed by atoms with Crippen LogP contribution in [0.25, 0.3) is 0 Å². The highest BCUT2D eigenvalue weighted by Gasteiger charge is 2.21. The first-order chi connectivity index (χ1) is 9.41. The molecule has 0 bridgehead atoms. The van der Waals surface area contributed by atoms with Gasteiger partial charge < -0.3 is 10.1 Å². The van der Waals surface area contributed by atoms with Gasteiger partial charge in [0.1, 0.15) is 5.75 Å². The molecule has 2 nitrogen and oxygen atoms in total. The quantitative estimate of drug-likeness (QED) is 0.905. The van der Waals surface area contributed by atoms with E-state index in [1.807, 2.05) is 0 Å². The van der Waals surface area contributed by atoms with E-state index in [1.165, 1.54) is 42.5 Å². The van der Waals surface area contributed by atoms with Gasteiger partial charge in [0.05, 0.1) is 7.11 Å². The third-order valence-corrected chi connectivity index (χ3v) is 4.37. The second-order valence-electron chi connectivity index (χ2n) is 7.15. The van der Waals surface area contributed by atoms with Crippen molar-refractivity contribution in [2.75, 3.05) is 20.2 Å². The van der Waals surface area contributed by atoms with Gasteiger partial charge in [-0.25, -0.2) is 0 Å². The number of benzene rings is 1. The summed E-state index contributed by atoms with van der Waals surface area (Å²) in [6.45, 7) is 11.3. The molecule has 0 radical (unpaired) electrons. The van der Waals surface area contributed by atoms with E-state index in [0.29, 0.717) is 0 Å². The maximum Gasteiger partial charge on any atom is 0.122 e. The summed E-state index contributed by atoms with van der Waals surface area (Å²) in [6.07, 6.45) is 3.82. The average molecular weight is 275 g/mol. The molecular formula is C18H29NO. The third kappa shape index (κ3) is 3.54. The third-order valence-electron chi connectivity index (χ3n) is 4.37. The maximum absolute atomic E-state index is 5.64. The fourth-order valence-corrected chi connectivity index (χ4v) is 3.11. The Kier molecular flexibility index (Phi) is 4.74. The first-order valence-corrected chi connectivity index (χ1v) is 7.80. The number of ether oxygens (including phenoxy) is 1. The van der Waals surface area contributed by atoms with Gasteiger partial charge in [0.25, 0.3) is 0 Å². The van der Waals surface area contributed by atoms with E-state index in [4.69, 9.17) is 4.74 Å². The lowest BCUT2D eigenvalue weighted by molar-refractivity contribution is 0.372. The van der Waals surface area contributed by atoms with Crippen molar-refractivity contribution in [2.45, 2.75) is 52.4 Å². The van der Waals surface area contributed by atoms with Gasteiger partial charge in [-0.1, -0.05) is 26.8 Å². The van der Waals surface area contributed by atoms with Crippen LogP contribution in [0.4, 0.5) is 0 Å². The SMILES string of the molecule is COc1cc(CC2CCCNC2)c(C)cc1C(C)(C)C. The van der Waals surface area contributed by atoms with Crippen LogP contribution in [0, 0.1) is 12.8 Å². The van der Waals surface area contributed by atoms with E-state index < -0.39 is 0 Å². The molecule has 0 spiro atoms. The average Bonchev–Trinajstić information content (AvgIpc) is 2.40. The molecule has 0 aliphatic carbocycles. The number of aryl methyl sites for hydroxylation is 1. The monoisotopic (exact) mass is 275 g/mol. The van der Waals surface area contributed by atoms with Gasteiger partial charge in [0.15, 0.2) is 0 Å². The van der Waals surface area contributed by atoms with E-state index >= 15 is 0 Å². The Labute approximate surface area is 123 Å². The highest BCUT2D eigenvalue weighted by atomic mass is 16.5. The number of hydrogen-bond donors (Lipinski definition) is 1. The zero-order chi connectivity index (χ0) is 14.8. The minimum absolute atomic E-state index is 0.126. The van der Waals surface area contributed by atoms with Crippen molar-refractivity contribution in [3.05, 3.63) is 28.8 Å². The fraction of sp³-hybridized carbons (Fsp3) is 0.667. The molecule has 2 heteroatoms. The standard InChI is InChI=1S/C18H29NO/c1-13-9-16(18(2,3)4)17(20-5)11-15(13)10-14-7-6-8-19-12-14/h9,11,14,19H,6-8,10,12H2,1-5H3. The van der Waals surface area contributed by atoms with Crippen LogP contribution >= 0.6 is 0 Å². The minimum Gasteiger partial charge on any atom is -0.496 e. The molecule has 112 valence electrons. The van der Waals surface area contributed by atoms with Crippen molar-refractivity contribution in [1.82, 2.24) is 5.32 Å². The molecule has 1 aromatic carbocycles. The zero-order valence-corrected chi connectivity index (χ0v) is 13.7. The van der Waals surface area contributed by atoms with Crippen LogP contribution in [0.3, 0.4) is 0 Å². The van der Waals surface area contributed by atoms with E-state index in [2.05, 4.69) is 45.1 Å². The smallest absolute Gasteiger partial charge is 0.122 e. The number of rotatable bonds is 3. The second kappa shape index (κ2) is 6.17. The molecule has 1 N–H and O–H groups in total. The fourth-order valence-electron chi connectivity index (χ4n) is 3.11. The molecule has 1 heterocycles. The van der Waals surface area contributed by atoms with Crippen molar-refractivity contribution < 1.29 is 4.74 Å². The summed E-state index contributed by atoms with van der Waals surface area (Å²) >= 11 is 0. The Morgan fingerprint density at radius 1 is 1.30 bits per heavy atom. The van der Waals surface area contributed by atoms with Crippen LogP contribution in [0.1, 0.15) is 50.3 Å². The summed E-state index contributed by atoms with van der Waals surface area (Å²) < 4.78 is 5.64. The minimum atomic E-state index is 0.126. The van der Waals surface area contributed by atoms with E-state index in [0.717, 1.165) is 18.2 Å². The second-order valence-corrected chi connectivity index (χ2v) is 7.15. The Bertz CT molecular complexity index is 453. The molecule has 0 saturated carbocycles. The summed E-state index contributed by atoms with van der Waals surface area (Å²) in [5.74, 6) is 1.81. The Morgan fingerprint density at radius 2 is 2.05 bits per heavy atom. The Hall–Kier alpha value is -1.02. The molecule has 2 rings (SSSR count). The highest BCUT2D eigenvalue weighted by molar-refractivity contribution is 5.45. The molecule has 0 aromatic heterocycles. The molecule has 1 saturated heterocycles. The molecule has 1 aliphatic rings. The lowest BCUT2D eigenvalue weighted by atomic mass is 9.82. The maximum atomic E-state index is 5.64. The Balaban J connectivity index is 2.25. The van der Waals surface area contributed by atoms with Gasteiger partial charge >= 0.3 is 0 Å². The van der Waals surface area contributed by atoms with Crippen LogP contribution in [0.15, 0.2) is 12.1 Å². The predicted octanol–water partition coefficient (Wildman–Crippen LogP) is 3.84. The zero-order valence-electron chi connectivity index (χ0n) is 13.7.